The van der Waals surface area contributed by atoms with Crippen LogP contribution in [0.2, 0.25) is 0 Å². The predicted octanol–water partition coefficient (Wildman–Crippen LogP) is 4.92. The van der Waals surface area contributed by atoms with Crippen LogP contribution in [0.15, 0.2) is 42.5 Å². The van der Waals surface area contributed by atoms with Crippen molar-refractivity contribution in [2.45, 2.75) is 37.6 Å². The summed E-state index contributed by atoms with van der Waals surface area (Å²) in [7, 11) is 2.06. The van der Waals surface area contributed by atoms with Gasteiger partial charge in [-0.15, -0.1) is 0 Å². The Hall–Kier alpha value is -1.85. The molecule has 0 aliphatic carbocycles. The van der Waals surface area contributed by atoms with Crippen molar-refractivity contribution >= 4 is 0 Å². The van der Waals surface area contributed by atoms with E-state index in [1.165, 1.54) is 17.7 Å². The fourth-order valence-corrected chi connectivity index (χ4v) is 4.21. The number of fused-ring (bicyclic) bond motifs is 3. The van der Waals surface area contributed by atoms with E-state index in [2.05, 4.69) is 30.1 Å². The summed E-state index contributed by atoms with van der Waals surface area (Å²) in [6, 6.07) is 11.8. The first-order valence-corrected chi connectivity index (χ1v) is 8.94. The summed E-state index contributed by atoms with van der Waals surface area (Å²) in [4.78, 5) is 2.23. The predicted molar refractivity (Wildman–Crippen MR) is 94.2 cm³/mol. The lowest BCUT2D eigenvalue weighted by Gasteiger charge is -2.44. The summed E-state index contributed by atoms with van der Waals surface area (Å²) >= 11 is 0. The van der Waals surface area contributed by atoms with Crippen molar-refractivity contribution in [3.8, 4) is 0 Å². The number of halogens is 3. The van der Waals surface area contributed by atoms with Gasteiger partial charge < -0.3 is 9.64 Å². The van der Waals surface area contributed by atoms with Gasteiger partial charge in [0.15, 0.2) is 0 Å². The van der Waals surface area contributed by atoms with E-state index < -0.39 is 17.8 Å². The molecule has 2 aliphatic heterocycles. The molecule has 1 saturated heterocycles. The van der Waals surface area contributed by atoms with Crippen LogP contribution in [-0.4, -0.2) is 31.1 Å². The van der Waals surface area contributed by atoms with Crippen LogP contribution in [0, 0.1) is 6.92 Å². The number of likely N-dealkylation sites (tertiary alicyclic amines) is 1. The first-order valence-electron chi connectivity index (χ1n) is 8.94. The third kappa shape index (κ3) is 3.14. The number of likely N-dealkylation sites (N-methyl/N-ethyl adjacent to an activating group) is 1. The molecule has 1 fully saturated rings. The van der Waals surface area contributed by atoms with Crippen molar-refractivity contribution in [2.24, 2.45) is 0 Å². The second kappa shape index (κ2) is 6.39. The summed E-state index contributed by atoms with van der Waals surface area (Å²) in [5.41, 5.74) is 3.27. The minimum Gasteiger partial charge on any atom is -0.364 e. The first kappa shape index (κ1) is 17.6. The molecular formula is C21H22F3NO. The molecule has 0 bridgehead atoms. The molecule has 2 aromatic carbocycles. The number of piperidine rings is 1. The molecule has 2 aliphatic rings. The molecule has 26 heavy (non-hydrogen) atoms. The van der Waals surface area contributed by atoms with E-state index in [0.29, 0.717) is 11.5 Å². The number of hydrogen-bond donors (Lipinski definition) is 0. The van der Waals surface area contributed by atoms with Crippen LogP contribution in [0.4, 0.5) is 13.2 Å². The molecule has 0 radical (unpaired) electrons. The topological polar surface area (TPSA) is 12.5 Å². The number of nitrogens with zero attached hydrogens (tertiary/aromatic N) is 1. The first-order chi connectivity index (χ1) is 12.3. The van der Waals surface area contributed by atoms with E-state index >= 15 is 0 Å². The van der Waals surface area contributed by atoms with Crippen LogP contribution in [0.5, 0.6) is 0 Å². The van der Waals surface area contributed by atoms with Crippen molar-refractivity contribution in [3.05, 3.63) is 70.3 Å². The SMILES string of the molecule is Cc1ccc2c(c1)C(c1cccc(C(F)(F)F)c1)O[C@H]1CN(C)CC[C@@H]21. The maximum Gasteiger partial charge on any atom is 0.416 e. The standard InChI is InChI=1S/C21H22F3NO/c1-13-6-7-16-17-8-9-25(2)12-19(17)26-20(18(16)10-13)14-4-3-5-15(11-14)21(22,23)24/h3-7,10-11,17,19-20H,8-9,12H2,1-2H3/t17-,19-,20?/m0/s1. The average Bonchev–Trinajstić information content (AvgIpc) is 2.60. The lowest BCUT2D eigenvalue weighted by Crippen LogP contribution is -2.45. The molecule has 2 nitrogen and oxygen atoms in total. The molecule has 2 heterocycles. The molecule has 2 aromatic rings. The Morgan fingerprint density at radius 2 is 1.88 bits per heavy atom. The highest BCUT2D eigenvalue weighted by atomic mass is 19.4. The van der Waals surface area contributed by atoms with Gasteiger partial charge in [-0.25, -0.2) is 0 Å². The molecule has 0 spiro atoms. The maximum atomic E-state index is 13.2. The molecule has 5 heteroatoms. The summed E-state index contributed by atoms with van der Waals surface area (Å²) < 4.78 is 45.9. The monoisotopic (exact) mass is 361 g/mol. The zero-order valence-corrected chi connectivity index (χ0v) is 14.9. The molecule has 0 N–H and O–H groups in total. The average molecular weight is 361 g/mol. The number of ether oxygens (including phenoxy) is 1. The van der Waals surface area contributed by atoms with Crippen LogP contribution < -0.4 is 0 Å². The zero-order chi connectivity index (χ0) is 18.5. The number of benzene rings is 2. The van der Waals surface area contributed by atoms with E-state index in [4.69, 9.17) is 4.74 Å². The molecule has 4 rings (SSSR count). The highest BCUT2D eigenvalue weighted by Gasteiger charge is 2.40. The van der Waals surface area contributed by atoms with Crippen LogP contribution >= 0.6 is 0 Å². The van der Waals surface area contributed by atoms with Crippen molar-refractivity contribution < 1.29 is 17.9 Å². The molecule has 0 amide bonds. The van der Waals surface area contributed by atoms with Gasteiger partial charge >= 0.3 is 6.18 Å². The Labute approximate surface area is 151 Å². The third-order valence-electron chi connectivity index (χ3n) is 5.51. The highest BCUT2D eigenvalue weighted by Crippen LogP contribution is 2.45. The number of aryl methyl sites for hydroxylation is 1. The van der Waals surface area contributed by atoms with Gasteiger partial charge in [0.1, 0.15) is 6.10 Å². The third-order valence-corrected chi connectivity index (χ3v) is 5.51. The van der Waals surface area contributed by atoms with Crippen LogP contribution in [-0.2, 0) is 10.9 Å². The van der Waals surface area contributed by atoms with E-state index in [-0.39, 0.29) is 6.10 Å². The lowest BCUT2D eigenvalue weighted by atomic mass is 9.79. The van der Waals surface area contributed by atoms with E-state index in [1.54, 1.807) is 6.07 Å². The van der Waals surface area contributed by atoms with Crippen molar-refractivity contribution in [3.63, 3.8) is 0 Å². The Morgan fingerprint density at radius 3 is 2.65 bits per heavy atom. The normalized spacial score (nSPS) is 26.3. The van der Waals surface area contributed by atoms with Gasteiger partial charge in [-0.05, 0) is 55.8 Å². The van der Waals surface area contributed by atoms with Crippen molar-refractivity contribution in [1.82, 2.24) is 4.90 Å². The van der Waals surface area contributed by atoms with Gasteiger partial charge in [0.25, 0.3) is 0 Å². The summed E-state index contributed by atoms with van der Waals surface area (Å²) in [6.07, 6.45) is -3.80. The quantitative estimate of drug-likeness (QED) is 0.715. The van der Waals surface area contributed by atoms with Crippen LogP contribution in [0.1, 0.15) is 46.3 Å². The van der Waals surface area contributed by atoms with Gasteiger partial charge in [0.2, 0.25) is 0 Å². The molecule has 0 aromatic heterocycles. The number of alkyl halides is 3. The van der Waals surface area contributed by atoms with Crippen molar-refractivity contribution in [2.75, 3.05) is 20.1 Å². The largest absolute Gasteiger partial charge is 0.416 e. The Balaban J connectivity index is 1.80. The summed E-state index contributed by atoms with van der Waals surface area (Å²) in [5, 5.41) is 0. The second-order valence-electron chi connectivity index (χ2n) is 7.47. The molecule has 3 atom stereocenters. The van der Waals surface area contributed by atoms with E-state index in [1.807, 2.05) is 6.92 Å². The molecule has 1 unspecified atom stereocenters. The maximum absolute atomic E-state index is 13.2. The Bertz CT molecular complexity index is 817. The fraction of sp³-hybridized carbons (Fsp3) is 0.429. The van der Waals surface area contributed by atoms with Crippen LogP contribution in [0.3, 0.4) is 0 Å². The van der Waals surface area contributed by atoms with Crippen molar-refractivity contribution in [1.29, 1.82) is 0 Å². The molecule has 138 valence electrons. The minimum absolute atomic E-state index is 0.00324. The Kier molecular flexibility index (Phi) is 4.32. The molecular weight excluding hydrogens is 339 g/mol. The van der Waals surface area contributed by atoms with Gasteiger partial charge in [-0.2, -0.15) is 13.2 Å². The van der Waals surface area contributed by atoms with Crippen LogP contribution in [0.25, 0.3) is 0 Å². The smallest absolute Gasteiger partial charge is 0.364 e. The zero-order valence-electron chi connectivity index (χ0n) is 14.9. The second-order valence-corrected chi connectivity index (χ2v) is 7.47. The van der Waals surface area contributed by atoms with Gasteiger partial charge in [-0.3, -0.25) is 0 Å². The molecule has 0 saturated carbocycles. The Morgan fingerprint density at radius 1 is 1.08 bits per heavy atom. The van der Waals surface area contributed by atoms with E-state index in [0.717, 1.165) is 36.7 Å². The number of hydrogen-bond acceptors (Lipinski definition) is 2. The summed E-state index contributed by atoms with van der Waals surface area (Å²) in [6.45, 7) is 3.81. The number of rotatable bonds is 1. The van der Waals surface area contributed by atoms with E-state index in [9.17, 15) is 13.2 Å². The van der Waals surface area contributed by atoms with Gasteiger partial charge in [0.05, 0.1) is 11.7 Å². The summed E-state index contributed by atoms with van der Waals surface area (Å²) in [5.74, 6) is 0.309. The van der Waals surface area contributed by atoms with Gasteiger partial charge in [0, 0.05) is 12.5 Å². The lowest BCUT2D eigenvalue weighted by molar-refractivity contribution is -0.137. The van der Waals surface area contributed by atoms with Gasteiger partial charge in [-0.1, -0.05) is 35.9 Å². The minimum atomic E-state index is -4.35. The fourth-order valence-electron chi connectivity index (χ4n) is 4.21. The highest BCUT2D eigenvalue weighted by molar-refractivity contribution is 5.44.